The lowest BCUT2D eigenvalue weighted by molar-refractivity contribution is 0.0373. The summed E-state index contributed by atoms with van der Waals surface area (Å²) in [5.41, 5.74) is 1.44. The van der Waals surface area contributed by atoms with E-state index in [2.05, 4.69) is 160 Å². The zero-order valence-corrected chi connectivity index (χ0v) is 79.0. The van der Waals surface area contributed by atoms with Crippen LogP contribution < -0.4 is 5.32 Å². The van der Waals surface area contributed by atoms with Crippen LogP contribution in [0.5, 0.6) is 0 Å². The number of benzene rings is 1. The lowest BCUT2D eigenvalue weighted by atomic mass is 9.78. The van der Waals surface area contributed by atoms with E-state index in [1.807, 2.05) is 180 Å². The number of hydrogen-bond acceptors (Lipinski definition) is 3. The number of ether oxygens (including phenoxy) is 2. The van der Waals surface area contributed by atoms with Crippen molar-refractivity contribution in [3.63, 3.8) is 0 Å². The van der Waals surface area contributed by atoms with E-state index in [0.29, 0.717) is 0 Å². The fourth-order valence-electron chi connectivity index (χ4n) is 11.4. The smallest absolute Gasteiger partial charge is 0.0496 e. The third-order valence-electron chi connectivity index (χ3n) is 18.0. The molecule has 0 spiro atoms. The Hall–Kier alpha value is -0.900. The first-order chi connectivity index (χ1) is 47.7. The fourth-order valence-corrected chi connectivity index (χ4v) is 11.4. The second-order valence-corrected chi connectivity index (χ2v) is 28.0. The molecule has 1 aromatic rings. The van der Waals surface area contributed by atoms with Crippen LogP contribution in [0, 0.1) is 101 Å². The summed E-state index contributed by atoms with van der Waals surface area (Å²) < 4.78 is 10.6. The Morgan fingerprint density at radius 1 is 0.283 bits per heavy atom. The minimum absolute atomic E-state index is 0.766. The Labute approximate surface area is 639 Å². The Bertz CT molecular complexity index is 1220. The molecule has 3 heterocycles. The summed E-state index contributed by atoms with van der Waals surface area (Å²) in [4.78, 5) is 0. The van der Waals surface area contributed by atoms with Crippen LogP contribution in [0.25, 0.3) is 0 Å². The molecule has 3 heteroatoms. The van der Waals surface area contributed by atoms with Crippen LogP contribution in [0.4, 0.5) is 0 Å². The number of nitrogens with one attached hydrogen (secondary N) is 1. The first-order valence-electron chi connectivity index (χ1n) is 45.6. The molecule has 0 bridgehead atoms. The van der Waals surface area contributed by atoms with Gasteiger partial charge in [0.15, 0.2) is 0 Å². The lowest BCUT2D eigenvalue weighted by Gasteiger charge is -2.28. The van der Waals surface area contributed by atoms with Crippen LogP contribution in [-0.2, 0) is 15.9 Å². The average molecular weight is 1410 g/mol. The van der Waals surface area contributed by atoms with Crippen LogP contribution in [0.3, 0.4) is 0 Å². The van der Waals surface area contributed by atoms with Crippen LogP contribution in [0.15, 0.2) is 30.3 Å². The zero-order chi connectivity index (χ0) is 80.6. The molecule has 99 heavy (non-hydrogen) atoms. The van der Waals surface area contributed by atoms with Gasteiger partial charge in [-0.25, -0.2) is 0 Å². The molecule has 3 aliphatic heterocycles. The van der Waals surface area contributed by atoms with Crippen LogP contribution >= 0.6 is 0 Å². The van der Waals surface area contributed by atoms with Gasteiger partial charge in [-0.2, -0.15) is 0 Å². The molecule has 5 saturated carbocycles. The molecular weight excluding hydrogens is 1200 g/mol. The molecular formula is C96H213NO2. The van der Waals surface area contributed by atoms with Gasteiger partial charge in [0.2, 0.25) is 0 Å². The molecule has 2 unspecified atom stereocenters. The minimum atomic E-state index is 0.766. The largest absolute Gasteiger partial charge is 0.381 e. The van der Waals surface area contributed by atoms with Gasteiger partial charge in [0.05, 0.1) is 0 Å². The summed E-state index contributed by atoms with van der Waals surface area (Å²) >= 11 is 0. The van der Waals surface area contributed by atoms with Crippen molar-refractivity contribution in [3.8, 4) is 0 Å². The van der Waals surface area contributed by atoms with Gasteiger partial charge in [0, 0.05) is 26.4 Å². The molecule has 3 saturated heterocycles. The first kappa shape index (κ1) is 128. The lowest BCUT2D eigenvalue weighted by Crippen LogP contribution is -2.21. The molecule has 0 radical (unpaired) electrons. The third kappa shape index (κ3) is 101. The summed E-state index contributed by atoms with van der Waals surface area (Å²) in [6.07, 6.45) is 33.1. The van der Waals surface area contributed by atoms with Crippen LogP contribution in [0.1, 0.15) is 451 Å². The first-order valence-corrected chi connectivity index (χ1v) is 45.6. The molecule has 8 aliphatic rings. The fraction of sp³-hybridized carbons (Fsp3) is 0.938. The van der Waals surface area contributed by atoms with Gasteiger partial charge in [-0.15, -0.1) is 0 Å². The monoisotopic (exact) mass is 1410 g/mol. The highest BCUT2D eigenvalue weighted by Crippen LogP contribution is 2.37. The number of hydrogen-bond donors (Lipinski definition) is 1. The van der Waals surface area contributed by atoms with Gasteiger partial charge < -0.3 is 14.8 Å². The molecule has 614 valence electrons. The van der Waals surface area contributed by atoms with E-state index in [-0.39, 0.29) is 0 Å². The van der Waals surface area contributed by atoms with Crippen LogP contribution in [-0.4, -0.2) is 39.5 Å². The third-order valence-corrected chi connectivity index (χ3v) is 18.0. The van der Waals surface area contributed by atoms with Crippen molar-refractivity contribution in [1.82, 2.24) is 5.32 Å². The van der Waals surface area contributed by atoms with Crippen molar-refractivity contribution in [1.29, 1.82) is 0 Å². The van der Waals surface area contributed by atoms with Crippen molar-refractivity contribution >= 4 is 0 Å². The molecule has 3 nitrogen and oxygen atoms in total. The standard InChI is InChI=1S/C10H14.C9H18.C8H17N.2C8H16O.C8H16.C7H14.2C6H12.13C2H6/c1-9(2)8-10-6-4-3-5-7-10;1-8(2)9-6-4-3-5-7-9;1-7(2)5-8-3-4-9-6-8;1-7(2)8-3-5-9-6-4-8;1-7(2)8-4-3-5-9-6-8;1-7(2)8-5-3-4-6-8;1-6(2)7-4-3-5-7;2*1-5(2)6-3-4-6;13*1-2/h3-7,9H,8H2,1-2H3;8-9H,3-7H2,1-2H3;7-9H,3-6H2,1-2H3;2*7-8H,3-6H2,1-2H3;7-8H,3-6H2,1-2H3;6-7H,3-5H2,1-2H3;2*5-6H,3-4H2,1-2H3;13*1-2H3. The van der Waals surface area contributed by atoms with E-state index in [1.54, 1.807) is 0 Å². The molecule has 2 atom stereocenters. The molecule has 0 aromatic heterocycles. The maximum atomic E-state index is 5.34. The highest BCUT2D eigenvalue weighted by molar-refractivity contribution is 5.14. The Morgan fingerprint density at radius 3 is 0.758 bits per heavy atom. The molecule has 1 aromatic carbocycles. The van der Waals surface area contributed by atoms with Crippen molar-refractivity contribution in [3.05, 3.63) is 35.9 Å². The quantitative estimate of drug-likeness (QED) is 0.240. The molecule has 1 N–H and O–H groups in total. The summed E-state index contributed by atoms with van der Waals surface area (Å²) in [6.45, 7) is 100.0. The second-order valence-electron chi connectivity index (χ2n) is 28.0. The SMILES string of the molecule is CC.CC.CC.CC.CC.CC.CC.CC.CC.CC.CC.CC.CC.CC(C)C1CC1.CC(C)C1CC1.CC(C)C1CCC1.CC(C)C1CCCC1.CC(C)C1CCCCC1.CC(C)C1CCCOC1.CC(C)C1CCOCC1.CC(C)CC1CCNC1.CC(C)Cc1ccccc1. The van der Waals surface area contributed by atoms with Crippen molar-refractivity contribution in [2.75, 3.05) is 39.5 Å². The maximum Gasteiger partial charge on any atom is 0.0496 e. The topological polar surface area (TPSA) is 30.5 Å². The van der Waals surface area contributed by atoms with Crippen molar-refractivity contribution < 1.29 is 9.47 Å². The summed E-state index contributed by atoms with van der Waals surface area (Å²) in [7, 11) is 0. The zero-order valence-electron chi connectivity index (χ0n) is 79.0. The summed E-state index contributed by atoms with van der Waals surface area (Å²) in [5, 5.41) is 3.38. The Kier molecular flexibility index (Phi) is 143. The van der Waals surface area contributed by atoms with Gasteiger partial charge in [-0.05, 0) is 190 Å². The van der Waals surface area contributed by atoms with Gasteiger partial charge >= 0.3 is 0 Å². The minimum Gasteiger partial charge on any atom is -0.381 e. The maximum absolute atomic E-state index is 5.34. The highest BCUT2D eigenvalue weighted by atomic mass is 16.5. The molecule has 0 amide bonds. The summed E-state index contributed by atoms with van der Waals surface area (Å²) in [5.74, 6) is 16.2. The summed E-state index contributed by atoms with van der Waals surface area (Å²) in [6, 6.07) is 10.6. The van der Waals surface area contributed by atoms with Crippen molar-refractivity contribution in [2.24, 2.45) is 101 Å². The van der Waals surface area contributed by atoms with E-state index < -0.39 is 0 Å². The van der Waals surface area contributed by atoms with Gasteiger partial charge in [0.25, 0.3) is 0 Å². The van der Waals surface area contributed by atoms with Gasteiger partial charge in [-0.3, -0.25) is 0 Å². The second kappa shape index (κ2) is 110. The molecule has 9 rings (SSSR count). The predicted octanol–water partition coefficient (Wildman–Crippen LogP) is 34.6. The van der Waals surface area contributed by atoms with E-state index in [9.17, 15) is 0 Å². The molecule has 5 aliphatic carbocycles. The Balaban J connectivity index is -0.0000000734. The molecule has 8 fully saturated rings. The highest BCUT2D eigenvalue weighted by Gasteiger charge is 2.25. The Morgan fingerprint density at radius 2 is 0.566 bits per heavy atom. The van der Waals surface area contributed by atoms with E-state index in [4.69, 9.17) is 9.47 Å². The van der Waals surface area contributed by atoms with Crippen molar-refractivity contribution in [2.45, 2.75) is 452 Å². The van der Waals surface area contributed by atoms with E-state index in [1.165, 1.54) is 166 Å². The number of rotatable bonds is 11. The van der Waals surface area contributed by atoms with E-state index in [0.717, 1.165) is 127 Å². The van der Waals surface area contributed by atoms with Gasteiger partial charge in [-0.1, -0.05) is 412 Å². The van der Waals surface area contributed by atoms with Crippen LogP contribution in [0.2, 0.25) is 0 Å². The average Bonchev–Trinajstić information content (AvgIpc) is 1.87. The van der Waals surface area contributed by atoms with Gasteiger partial charge in [0.1, 0.15) is 0 Å². The predicted molar refractivity (Wildman–Crippen MR) is 475 cm³/mol. The normalized spacial score (nSPS) is 17.3. The van der Waals surface area contributed by atoms with E-state index >= 15 is 0 Å².